The van der Waals surface area contributed by atoms with Gasteiger partial charge < -0.3 is 25.0 Å². The molecule has 3 aromatic rings. The summed E-state index contributed by atoms with van der Waals surface area (Å²) >= 11 is 0. The normalized spacial score (nSPS) is 23.5. The average Bonchev–Trinajstić information content (AvgIpc) is 4.03. The summed E-state index contributed by atoms with van der Waals surface area (Å²) in [6.45, 7) is 9.03. The molecule has 2 aliphatic carbocycles. The summed E-state index contributed by atoms with van der Waals surface area (Å²) in [6.07, 6.45) is 7.46. The molecule has 1 saturated heterocycles. The molecule has 5 atom stereocenters. The van der Waals surface area contributed by atoms with E-state index in [-0.39, 0.29) is 31.0 Å². The quantitative estimate of drug-likeness (QED) is 0.231. The predicted octanol–water partition coefficient (Wildman–Crippen LogP) is 1.90. The summed E-state index contributed by atoms with van der Waals surface area (Å²) in [5.41, 5.74) is -2.38. The molecule has 15 nitrogen and oxygen atoms in total. The van der Waals surface area contributed by atoms with E-state index < -0.39 is 74.0 Å². The molecular weight excluding hydrogens is 678 g/mol. The minimum absolute atomic E-state index is 0.00781. The highest BCUT2D eigenvalue weighted by Gasteiger charge is 2.62. The van der Waals surface area contributed by atoms with Crippen molar-refractivity contribution in [2.75, 3.05) is 13.7 Å². The summed E-state index contributed by atoms with van der Waals surface area (Å²) in [7, 11) is -2.34. The molecule has 3 fully saturated rings. The van der Waals surface area contributed by atoms with Crippen LogP contribution < -0.4 is 24.8 Å². The molecule has 1 aromatic carbocycles. The number of pyridine rings is 1. The van der Waals surface area contributed by atoms with Crippen molar-refractivity contribution in [3.8, 4) is 11.6 Å². The van der Waals surface area contributed by atoms with Crippen molar-refractivity contribution >= 4 is 44.4 Å². The zero-order valence-electron chi connectivity index (χ0n) is 28.8. The van der Waals surface area contributed by atoms with Gasteiger partial charge in [0.05, 0.1) is 25.1 Å². The Hall–Kier alpha value is -5.12. The maximum atomic E-state index is 14.5. The minimum Gasteiger partial charge on any atom is -0.497 e. The molecule has 0 bridgehead atoms. The second-order valence-electron chi connectivity index (χ2n) is 14.2. The zero-order chi connectivity index (χ0) is 36.7. The second kappa shape index (κ2) is 13.5. The molecule has 6 rings (SSSR count). The lowest BCUT2D eigenvalue weighted by Gasteiger charge is -2.35. The number of amides is 4. The number of methoxy groups -OCH3 is 1. The molecular formula is C35H41N7O8S. The number of hydrogen-bond donors (Lipinski definition) is 3. The topological polar surface area (TPSA) is 199 Å². The van der Waals surface area contributed by atoms with Crippen molar-refractivity contribution in [2.45, 2.75) is 75.4 Å². The predicted molar refractivity (Wildman–Crippen MR) is 185 cm³/mol. The van der Waals surface area contributed by atoms with E-state index in [2.05, 4.69) is 36.9 Å². The van der Waals surface area contributed by atoms with Gasteiger partial charge in [-0.25, -0.2) is 18.4 Å². The molecule has 0 radical (unpaired) electrons. The third-order valence-corrected chi connectivity index (χ3v) is 11.3. The largest absolute Gasteiger partial charge is 0.497 e. The van der Waals surface area contributed by atoms with Gasteiger partial charge in [0.1, 0.15) is 35.2 Å². The van der Waals surface area contributed by atoms with E-state index in [1.807, 2.05) is 6.07 Å². The zero-order valence-corrected chi connectivity index (χ0v) is 29.6. The number of sulfonamides is 1. The Morgan fingerprint density at radius 1 is 1.10 bits per heavy atom. The Morgan fingerprint density at radius 3 is 2.49 bits per heavy atom. The van der Waals surface area contributed by atoms with E-state index in [0.29, 0.717) is 24.0 Å². The van der Waals surface area contributed by atoms with Crippen molar-refractivity contribution < 1.29 is 37.1 Å². The van der Waals surface area contributed by atoms with Gasteiger partial charge >= 0.3 is 0 Å². The third kappa shape index (κ3) is 7.36. The minimum atomic E-state index is -3.90. The first kappa shape index (κ1) is 35.7. The van der Waals surface area contributed by atoms with Crippen LogP contribution in [0.1, 0.15) is 56.9 Å². The van der Waals surface area contributed by atoms with Gasteiger partial charge in [-0.05, 0) is 54.3 Å². The molecule has 0 spiro atoms. The van der Waals surface area contributed by atoms with E-state index in [1.165, 1.54) is 29.6 Å². The Balaban J connectivity index is 1.30. The summed E-state index contributed by atoms with van der Waals surface area (Å²) in [6, 6.07) is 4.93. The van der Waals surface area contributed by atoms with Crippen molar-refractivity contribution in [2.24, 2.45) is 11.3 Å². The van der Waals surface area contributed by atoms with Gasteiger partial charge in [0.25, 0.3) is 11.8 Å². The van der Waals surface area contributed by atoms with Crippen LogP contribution in [-0.4, -0.2) is 94.5 Å². The van der Waals surface area contributed by atoms with E-state index in [0.717, 1.165) is 5.39 Å². The number of nitrogens with zero attached hydrogens (tertiary/aromatic N) is 4. The fourth-order valence-corrected chi connectivity index (χ4v) is 7.70. The SMILES string of the molecule is C=CC1CC1(NC(=O)C1CC(Oc2nccc3cc(OC)ccc23)CN1C(=O)C(NC(=O)c1cnccn1)C(C)(C)C)C(=O)NS(=O)(=O)C1CC1. The first-order valence-electron chi connectivity index (χ1n) is 16.6. The number of benzene rings is 1. The van der Waals surface area contributed by atoms with E-state index >= 15 is 0 Å². The van der Waals surface area contributed by atoms with Gasteiger partial charge in [-0.3, -0.25) is 28.9 Å². The maximum absolute atomic E-state index is 14.5. The fraction of sp³-hybridized carbons (Fsp3) is 0.457. The number of nitrogens with one attached hydrogen (secondary N) is 3. The van der Waals surface area contributed by atoms with Gasteiger partial charge in [-0.1, -0.05) is 26.8 Å². The first-order chi connectivity index (χ1) is 24.2. The molecule has 16 heteroatoms. The number of likely N-dealkylation sites (tertiary alicyclic amines) is 1. The third-order valence-electron chi connectivity index (χ3n) is 9.49. The lowest BCUT2D eigenvalue weighted by molar-refractivity contribution is -0.142. The molecule has 1 aliphatic heterocycles. The van der Waals surface area contributed by atoms with Crippen molar-refractivity contribution in [1.29, 1.82) is 0 Å². The highest BCUT2D eigenvalue weighted by atomic mass is 32.2. The summed E-state index contributed by atoms with van der Waals surface area (Å²) in [4.78, 5) is 69.1. The Morgan fingerprint density at radius 2 is 1.86 bits per heavy atom. The Kier molecular flexibility index (Phi) is 9.48. The molecule has 3 heterocycles. The number of aromatic nitrogens is 3. The maximum Gasteiger partial charge on any atom is 0.272 e. The van der Waals surface area contributed by atoms with Crippen LogP contribution in [0.15, 0.2) is 61.7 Å². The lowest BCUT2D eigenvalue weighted by atomic mass is 9.85. The van der Waals surface area contributed by atoms with Crippen LogP contribution in [0, 0.1) is 11.3 Å². The molecule has 51 heavy (non-hydrogen) atoms. The monoisotopic (exact) mass is 719 g/mol. The Bertz CT molecular complexity index is 1980. The van der Waals surface area contributed by atoms with Crippen LogP contribution in [0.4, 0.5) is 0 Å². The number of rotatable bonds is 12. The van der Waals surface area contributed by atoms with Gasteiger partial charge in [-0.15, -0.1) is 6.58 Å². The number of ether oxygens (including phenoxy) is 2. The number of carbonyl (C=O) groups is 4. The molecule has 3 N–H and O–H groups in total. The number of fused-ring (bicyclic) bond motifs is 1. The highest BCUT2D eigenvalue weighted by molar-refractivity contribution is 7.91. The second-order valence-corrected chi connectivity index (χ2v) is 16.2. The van der Waals surface area contributed by atoms with Gasteiger partial charge in [0.15, 0.2) is 0 Å². The van der Waals surface area contributed by atoms with Crippen LogP contribution in [0.3, 0.4) is 0 Å². The van der Waals surface area contributed by atoms with Crippen LogP contribution in [0.2, 0.25) is 0 Å². The summed E-state index contributed by atoms with van der Waals surface area (Å²) in [5, 5.41) is 6.39. The molecule has 4 amide bonds. The first-order valence-corrected chi connectivity index (χ1v) is 18.2. The molecule has 5 unspecified atom stereocenters. The number of carbonyl (C=O) groups excluding carboxylic acids is 4. The van der Waals surface area contributed by atoms with Crippen LogP contribution >= 0.6 is 0 Å². The molecule has 270 valence electrons. The smallest absolute Gasteiger partial charge is 0.272 e. The summed E-state index contributed by atoms with van der Waals surface area (Å²) in [5.74, 6) is -2.32. The van der Waals surface area contributed by atoms with E-state index in [9.17, 15) is 27.6 Å². The van der Waals surface area contributed by atoms with Gasteiger partial charge in [0.2, 0.25) is 27.7 Å². The van der Waals surface area contributed by atoms with Crippen molar-refractivity contribution in [1.82, 2.24) is 35.2 Å². The van der Waals surface area contributed by atoms with E-state index in [1.54, 1.807) is 52.3 Å². The van der Waals surface area contributed by atoms with Crippen LogP contribution in [0.25, 0.3) is 10.8 Å². The van der Waals surface area contributed by atoms with Crippen LogP contribution in [0.5, 0.6) is 11.6 Å². The highest BCUT2D eigenvalue weighted by Crippen LogP contribution is 2.45. The van der Waals surface area contributed by atoms with Gasteiger partial charge in [0, 0.05) is 36.3 Å². The van der Waals surface area contributed by atoms with Crippen LogP contribution in [-0.2, 0) is 24.4 Å². The fourth-order valence-electron chi connectivity index (χ4n) is 6.34. The molecule has 2 aromatic heterocycles. The summed E-state index contributed by atoms with van der Waals surface area (Å²) < 4.78 is 39.2. The average molecular weight is 720 g/mol. The van der Waals surface area contributed by atoms with Crippen molar-refractivity contribution in [3.05, 3.63) is 67.4 Å². The lowest BCUT2D eigenvalue weighted by Crippen LogP contribution is -2.60. The van der Waals surface area contributed by atoms with Gasteiger partial charge in [-0.2, -0.15) is 0 Å². The molecule has 2 saturated carbocycles. The standard InChI is InChI=1S/C35H41N7O8S/c1-6-21-17-35(21,33(46)41-51(47,48)24-8-9-24)40-30(44)27-16-23(50-31-25-10-7-22(49-5)15-20(25)11-12-38-31)19-42(27)32(45)28(34(2,3)4)39-29(43)26-18-36-13-14-37-26/h6-7,10-15,18,21,23-24,27-28H,1,8-9,16-17,19H2,2-5H3,(H,39,43)(H,40,44)(H,41,46). The molecule has 3 aliphatic rings. The Labute approximate surface area is 295 Å². The van der Waals surface area contributed by atoms with Crippen molar-refractivity contribution in [3.63, 3.8) is 0 Å². The van der Waals surface area contributed by atoms with E-state index in [4.69, 9.17) is 9.47 Å². The number of hydrogen-bond acceptors (Lipinski definition) is 11.